The van der Waals surface area contributed by atoms with E-state index in [0.717, 1.165) is 0 Å². The molecule has 0 bridgehead atoms. The van der Waals surface area contributed by atoms with Crippen LogP contribution in [0.3, 0.4) is 0 Å². The van der Waals surface area contributed by atoms with Gasteiger partial charge in [0, 0.05) is 45.8 Å². The maximum atomic E-state index is 14.2. The average molecular weight is 929 g/mol. The summed E-state index contributed by atoms with van der Waals surface area (Å²) >= 11 is 0. The number of carbonyl (C=O) groups is 10. The molecule has 0 aromatic heterocycles. The van der Waals surface area contributed by atoms with Gasteiger partial charge in [0.05, 0.1) is 6.54 Å². The zero-order valence-corrected chi connectivity index (χ0v) is 36.8. The van der Waals surface area contributed by atoms with Crippen LogP contribution >= 0.6 is 0 Å². The maximum absolute atomic E-state index is 14.2. The molecule has 0 radical (unpaired) electrons. The highest BCUT2D eigenvalue weighted by Crippen LogP contribution is 2.10. The van der Waals surface area contributed by atoms with Gasteiger partial charge in [0.15, 0.2) is 11.9 Å². The van der Waals surface area contributed by atoms with Gasteiger partial charge in [-0.05, 0) is 56.9 Å². The number of hydrogen-bond donors (Lipinski definition) is 16. The van der Waals surface area contributed by atoms with Crippen molar-refractivity contribution in [3.05, 3.63) is 35.9 Å². The summed E-state index contributed by atoms with van der Waals surface area (Å²) in [6, 6.07) is 0.258. The van der Waals surface area contributed by atoms with Crippen LogP contribution in [-0.4, -0.2) is 133 Å². The quantitative estimate of drug-likeness (QED) is 0.0394. The van der Waals surface area contributed by atoms with Crippen molar-refractivity contribution in [2.75, 3.05) is 26.2 Å². The summed E-state index contributed by atoms with van der Waals surface area (Å²) in [6.07, 6.45) is -1.09. The van der Waals surface area contributed by atoms with Gasteiger partial charge in [-0.25, -0.2) is 0 Å². The molecule has 1 saturated heterocycles. The SMILES string of the molecule is CC(=O)N[C@H](CCCNC(=N)N)C(=O)N[C@H]1CCCNC(=O)CC[C@@H](C(N)=O)NC(=O)CNC(=O)[C@H](CCCNC(=N)N)NC(=O)[C@@H](Cc2ccccc2)NC(=O)[C@H](CCC(N)=O)NC1=O. The van der Waals surface area contributed by atoms with Crippen molar-refractivity contribution in [1.82, 2.24) is 53.2 Å². The summed E-state index contributed by atoms with van der Waals surface area (Å²) < 4.78 is 0. The van der Waals surface area contributed by atoms with Gasteiger partial charge < -0.3 is 76.1 Å². The number of carbonyl (C=O) groups excluding carboxylic acids is 10. The van der Waals surface area contributed by atoms with E-state index in [4.69, 9.17) is 33.8 Å². The highest BCUT2D eigenvalue weighted by atomic mass is 16.2. The molecule has 1 fully saturated rings. The van der Waals surface area contributed by atoms with Gasteiger partial charge >= 0.3 is 0 Å². The second-order valence-electron chi connectivity index (χ2n) is 15.4. The maximum Gasteiger partial charge on any atom is 0.243 e. The molecule has 26 nitrogen and oxygen atoms in total. The Labute approximate surface area is 381 Å². The van der Waals surface area contributed by atoms with Crippen LogP contribution in [0.2, 0.25) is 0 Å². The van der Waals surface area contributed by atoms with Crippen molar-refractivity contribution in [1.29, 1.82) is 10.8 Å². The lowest BCUT2D eigenvalue weighted by Crippen LogP contribution is -2.59. The zero-order chi connectivity index (χ0) is 49.2. The summed E-state index contributed by atoms with van der Waals surface area (Å²) in [5.41, 5.74) is 22.2. The van der Waals surface area contributed by atoms with E-state index in [-0.39, 0.29) is 95.8 Å². The molecule has 1 aliphatic heterocycles. The molecule has 1 aromatic rings. The topological polar surface area (TPSA) is 443 Å². The van der Waals surface area contributed by atoms with Crippen LogP contribution < -0.4 is 76.1 Å². The molecule has 10 amide bonds. The Morgan fingerprint density at radius 2 is 1.33 bits per heavy atom. The molecule has 26 heteroatoms. The predicted octanol–water partition coefficient (Wildman–Crippen LogP) is -5.76. The molecule has 0 saturated carbocycles. The van der Waals surface area contributed by atoms with E-state index >= 15 is 0 Å². The first-order valence-electron chi connectivity index (χ1n) is 21.3. The summed E-state index contributed by atoms with van der Waals surface area (Å²) in [5.74, 6) is -8.78. The molecule has 0 unspecified atom stereocenters. The molecular formula is C40H64N16O10. The highest BCUT2D eigenvalue weighted by molar-refractivity contribution is 5.97. The number of primary amides is 2. The molecule has 1 aromatic carbocycles. The first kappa shape index (κ1) is 54.6. The highest BCUT2D eigenvalue weighted by Gasteiger charge is 2.33. The first-order valence-corrected chi connectivity index (χ1v) is 21.3. The molecule has 20 N–H and O–H groups in total. The number of hydrogen-bond acceptors (Lipinski definition) is 12. The van der Waals surface area contributed by atoms with Crippen molar-refractivity contribution in [2.24, 2.45) is 22.9 Å². The Kier molecular flexibility index (Phi) is 24.0. The Balaban J connectivity index is 2.60. The van der Waals surface area contributed by atoms with Crippen LogP contribution in [0.25, 0.3) is 0 Å². The van der Waals surface area contributed by atoms with Crippen LogP contribution in [0.5, 0.6) is 0 Å². The van der Waals surface area contributed by atoms with Crippen LogP contribution in [0.4, 0.5) is 0 Å². The smallest absolute Gasteiger partial charge is 0.243 e. The average Bonchev–Trinajstić information content (AvgIpc) is 3.25. The Morgan fingerprint density at radius 3 is 1.95 bits per heavy atom. The van der Waals surface area contributed by atoms with E-state index in [1.807, 2.05) is 0 Å². The summed E-state index contributed by atoms with van der Waals surface area (Å²) in [6.45, 7) is 0.755. The number of nitrogens with one attached hydrogen (secondary N) is 12. The third-order valence-corrected chi connectivity index (χ3v) is 9.91. The molecule has 0 spiro atoms. The third kappa shape index (κ3) is 22.2. The summed E-state index contributed by atoms with van der Waals surface area (Å²) in [5, 5.41) is 40.2. The third-order valence-electron chi connectivity index (χ3n) is 9.91. The number of benzene rings is 1. The van der Waals surface area contributed by atoms with Gasteiger partial charge in [0.25, 0.3) is 0 Å². The fraction of sp³-hybridized carbons (Fsp3) is 0.550. The summed E-state index contributed by atoms with van der Waals surface area (Å²) in [4.78, 5) is 132. The normalized spacial score (nSPS) is 21.1. The summed E-state index contributed by atoms with van der Waals surface area (Å²) in [7, 11) is 0. The Bertz CT molecular complexity index is 1900. The second kappa shape index (κ2) is 29.0. The van der Waals surface area contributed by atoms with E-state index in [1.54, 1.807) is 30.3 Å². The van der Waals surface area contributed by atoms with Crippen molar-refractivity contribution < 1.29 is 47.9 Å². The first-order chi connectivity index (χ1) is 31.2. The van der Waals surface area contributed by atoms with Gasteiger partial charge in [0.2, 0.25) is 59.1 Å². The monoisotopic (exact) mass is 928 g/mol. The molecule has 66 heavy (non-hydrogen) atoms. The van der Waals surface area contributed by atoms with Gasteiger partial charge in [-0.1, -0.05) is 30.3 Å². The number of amides is 10. The van der Waals surface area contributed by atoms with Gasteiger partial charge in [-0.3, -0.25) is 58.8 Å². The lowest BCUT2D eigenvalue weighted by molar-refractivity contribution is -0.135. The minimum absolute atomic E-state index is 0.0508. The lowest BCUT2D eigenvalue weighted by Gasteiger charge is -2.27. The second-order valence-corrected chi connectivity index (χ2v) is 15.4. The number of rotatable bonds is 17. The van der Waals surface area contributed by atoms with E-state index in [0.29, 0.717) is 5.56 Å². The van der Waals surface area contributed by atoms with Crippen molar-refractivity contribution >= 4 is 71.0 Å². The van der Waals surface area contributed by atoms with Crippen molar-refractivity contribution in [3.63, 3.8) is 0 Å². The molecule has 2 rings (SSSR count). The largest absolute Gasteiger partial charge is 0.370 e. The van der Waals surface area contributed by atoms with E-state index < -0.39 is 108 Å². The van der Waals surface area contributed by atoms with Crippen LogP contribution in [0.1, 0.15) is 76.7 Å². The molecule has 6 atom stereocenters. The van der Waals surface area contributed by atoms with Gasteiger partial charge in [-0.2, -0.15) is 0 Å². The molecule has 364 valence electrons. The van der Waals surface area contributed by atoms with Crippen LogP contribution in [-0.2, 0) is 54.4 Å². The van der Waals surface area contributed by atoms with Gasteiger partial charge in [-0.15, -0.1) is 0 Å². The van der Waals surface area contributed by atoms with Crippen LogP contribution in [0, 0.1) is 10.8 Å². The zero-order valence-electron chi connectivity index (χ0n) is 36.8. The Morgan fingerprint density at radius 1 is 0.727 bits per heavy atom. The molecule has 0 aliphatic carbocycles. The molecule has 1 heterocycles. The number of guanidine groups is 2. The minimum Gasteiger partial charge on any atom is -0.370 e. The molecule has 1 aliphatic rings. The molecular weight excluding hydrogens is 865 g/mol. The fourth-order valence-electron chi connectivity index (χ4n) is 6.53. The van der Waals surface area contributed by atoms with Gasteiger partial charge in [0.1, 0.15) is 36.3 Å². The standard InChI is InChI=1S/C40H64N16O10/c1-22(57)51-26(11-7-19-49-40(45)46)35(63)54-27-12-5-17-47-31(59)16-14-24(33(42)61)52-32(60)21-50-34(62)25(10-6-18-48-39(43)44)53-38(66)29(20-23-8-3-2-4-9-23)56-37(65)28(55-36(27)64)13-15-30(41)58/h2-4,8-9,24-29H,5-7,10-21H2,1H3,(H2,41,58)(H2,42,61)(H,47,59)(H,50,62)(H,51,57)(H,52,60)(H,53,66)(H,54,63)(H,55,64)(H,56,65)(H4,43,44,48)(H4,45,46,49)/t24-,25-,26+,27-,28-,29+/m0/s1. The minimum atomic E-state index is -1.53. The lowest BCUT2D eigenvalue weighted by atomic mass is 10.0. The van der Waals surface area contributed by atoms with Crippen molar-refractivity contribution in [2.45, 2.75) is 114 Å². The van der Waals surface area contributed by atoms with E-state index in [9.17, 15) is 47.9 Å². The predicted molar refractivity (Wildman–Crippen MR) is 238 cm³/mol. The van der Waals surface area contributed by atoms with Crippen molar-refractivity contribution in [3.8, 4) is 0 Å². The number of nitrogens with two attached hydrogens (primary N) is 4. The Hall–Kier alpha value is -7.54. The van der Waals surface area contributed by atoms with E-state index in [2.05, 4.69) is 53.2 Å². The fourth-order valence-corrected chi connectivity index (χ4v) is 6.53. The van der Waals surface area contributed by atoms with Crippen LogP contribution in [0.15, 0.2) is 30.3 Å². The van der Waals surface area contributed by atoms with E-state index in [1.165, 1.54) is 6.92 Å².